The molecule has 0 radical (unpaired) electrons. The quantitative estimate of drug-likeness (QED) is 0.734. The van der Waals surface area contributed by atoms with Crippen molar-refractivity contribution in [3.8, 4) is 0 Å². The van der Waals surface area contributed by atoms with Gasteiger partial charge >= 0.3 is 5.97 Å². The minimum atomic E-state index is -1.04. The van der Waals surface area contributed by atoms with Gasteiger partial charge in [0.2, 0.25) is 0 Å². The molecule has 5 nitrogen and oxygen atoms in total. The molecule has 0 aromatic rings. The molecule has 0 aromatic heterocycles. The van der Waals surface area contributed by atoms with E-state index in [0.29, 0.717) is 6.42 Å². The molecular weight excluding hydrogens is 308 g/mol. The SMILES string of the molecule is CCCC12CC3(CC)OC(C)(O1)OC31C(CC)CC(=O)OC1C2C. The summed E-state index contributed by atoms with van der Waals surface area (Å²) >= 11 is 0. The number of ether oxygens (including phenoxy) is 4. The van der Waals surface area contributed by atoms with Crippen molar-refractivity contribution in [1.29, 1.82) is 0 Å². The van der Waals surface area contributed by atoms with Crippen molar-refractivity contribution in [2.75, 3.05) is 0 Å². The molecule has 0 aromatic carbocycles. The zero-order valence-corrected chi connectivity index (χ0v) is 15.5. The highest BCUT2D eigenvalue weighted by atomic mass is 16.9. The van der Waals surface area contributed by atoms with E-state index >= 15 is 0 Å². The molecule has 3 aliphatic heterocycles. The Morgan fingerprint density at radius 2 is 1.92 bits per heavy atom. The lowest BCUT2D eigenvalue weighted by Gasteiger charge is -2.62. The van der Waals surface area contributed by atoms with E-state index in [0.717, 1.165) is 32.1 Å². The minimum Gasteiger partial charge on any atom is -0.459 e. The fraction of sp³-hybridized carbons (Fsp3) is 0.947. The van der Waals surface area contributed by atoms with Crippen molar-refractivity contribution < 1.29 is 23.7 Å². The molecule has 3 saturated heterocycles. The van der Waals surface area contributed by atoms with Gasteiger partial charge in [-0.2, -0.15) is 0 Å². The van der Waals surface area contributed by atoms with Crippen LogP contribution in [0.15, 0.2) is 0 Å². The van der Waals surface area contributed by atoms with Crippen molar-refractivity contribution >= 4 is 5.97 Å². The second-order valence-electron chi connectivity index (χ2n) is 8.31. The summed E-state index contributed by atoms with van der Waals surface area (Å²) in [5.41, 5.74) is -1.38. The molecule has 24 heavy (non-hydrogen) atoms. The van der Waals surface area contributed by atoms with Crippen LogP contribution in [-0.4, -0.2) is 34.8 Å². The predicted molar refractivity (Wildman–Crippen MR) is 87.1 cm³/mol. The highest BCUT2D eigenvalue weighted by Crippen LogP contribution is 2.69. The molecule has 0 amide bonds. The molecule has 1 spiro atoms. The Hall–Kier alpha value is -0.650. The first kappa shape index (κ1) is 16.8. The van der Waals surface area contributed by atoms with Crippen LogP contribution in [0.4, 0.5) is 0 Å². The molecule has 136 valence electrons. The molecule has 5 heteroatoms. The van der Waals surface area contributed by atoms with E-state index in [1.165, 1.54) is 0 Å². The van der Waals surface area contributed by atoms with Crippen LogP contribution in [0, 0.1) is 11.8 Å². The van der Waals surface area contributed by atoms with Crippen LogP contribution in [0.3, 0.4) is 0 Å². The Bertz CT molecular complexity index is 564. The molecule has 4 rings (SSSR count). The van der Waals surface area contributed by atoms with Crippen LogP contribution in [-0.2, 0) is 23.7 Å². The molecule has 0 N–H and O–H groups in total. The Balaban J connectivity index is 1.93. The maximum atomic E-state index is 12.3. The van der Waals surface area contributed by atoms with Gasteiger partial charge < -0.3 is 18.9 Å². The summed E-state index contributed by atoms with van der Waals surface area (Å²) in [7, 11) is 0. The van der Waals surface area contributed by atoms with Crippen LogP contribution in [0.5, 0.6) is 0 Å². The third kappa shape index (κ3) is 1.74. The molecular formula is C19H30O5. The summed E-state index contributed by atoms with van der Waals surface area (Å²) in [4.78, 5) is 12.3. The number of rotatable bonds is 4. The monoisotopic (exact) mass is 338 g/mol. The Kier molecular flexibility index (Phi) is 3.47. The maximum absolute atomic E-state index is 12.3. The van der Waals surface area contributed by atoms with Gasteiger partial charge in [-0.3, -0.25) is 4.79 Å². The Morgan fingerprint density at radius 1 is 1.17 bits per heavy atom. The average molecular weight is 338 g/mol. The van der Waals surface area contributed by atoms with Gasteiger partial charge in [0, 0.05) is 25.2 Å². The molecule has 3 bridgehead atoms. The number of carbonyl (C=O) groups excluding carboxylic acids is 1. The largest absolute Gasteiger partial charge is 0.459 e. The highest BCUT2D eigenvalue weighted by molar-refractivity contribution is 5.72. The summed E-state index contributed by atoms with van der Waals surface area (Å²) in [5.74, 6) is -0.944. The lowest BCUT2D eigenvalue weighted by Crippen LogP contribution is -2.76. The summed E-state index contributed by atoms with van der Waals surface area (Å²) in [6.45, 7) is 10.5. The van der Waals surface area contributed by atoms with Crippen LogP contribution in [0.25, 0.3) is 0 Å². The smallest absolute Gasteiger partial charge is 0.306 e. The van der Waals surface area contributed by atoms with Gasteiger partial charge in [0.15, 0.2) is 0 Å². The van der Waals surface area contributed by atoms with Crippen molar-refractivity contribution in [3.05, 3.63) is 0 Å². The fourth-order valence-electron chi connectivity index (χ4n) is 6.31. The fourth-order valence-corrected chi connectivity index (χ4v) is 6.31. The summed E-state index contributed by atoms with van der Waals surface area (Å²) in [6.07, 6.45) is 4.60. The number of hydrogen-bond donors (Lipinski definition) is 0. The van der Waals surface area contributed by atoms with Crippen molar-refractivity contribution in [3.63, 3.8) is 0 Å². The second-order valence-corrected chi connectivity index (χ2v) is 8.31. The van der Waals surface area contributed by atoms with E-state index < -0.39 is 17.2 Å². The minimum absolute atomic E-state index is 0.0983. The van der Waals surface area contributed by atoms with Crippen molar-refractivity contribution in [1.82, 2.24) is 0 Å². The Morgan fingerprint density at radius 3 is 2.54 bits per heavy atom. The summed E-state index contributed by atoms with van der Waals surface area (Å²) < 4.78 is 25.5. The molecule has 1 saturated carbocycles. The number of fused-ring (bicyclic) bond motifs is 2. The molecule has 7 atom stereocenters. The molecule has 3 heterocycles. The number of esters is 1. The average Bonchev–Trinajstić information content (AvgIpc) is 2.69. The van der Waals surface area contributed by atoms with Gasteiger partial charge in [0.25, 0.3) is 5.97 Å². The normalized spacial score (nSPS) is 55.4. The topological polar surface area (TPSA) is 54.0 Å². The van der Waals surface area contributed by atoms with E-state index in [9.17, 15) is 4.79 Å². The van der Waals surface area contributed by atoms with Crippen LogP contribution >= 0.6 is 0 Å². The van der Waals surface area contributed by atoms with Gasteiger partial charge in [0.1, 0.15) is 17.3 Å². The lowest BCUT2D eigenvalue weighted by molar-refractivity contribution is -0.410. The first-order valence-corrected chi connectivity index (χ1v) is 9.60. The van der Waals surface area contributed by atoms with E-state index in [4.69, 9.17) is 18.9 Å². The van der Waals surface area contributed by atoms with Crippen molar-refractivity contribution in [2.24, 2.45) is 11.8 Å². The van der Waals surface area contributed by atoms with E-state index in [2.05, 4.69) is 27.7 Å². The van der Waals surface area contributed by atoms with E-state index in [-0.39, 0.29) is 29.5 Å². The van der Waals surface area contributed by atoms with Crippen molar-refractivity contribution in [2.45, 2.75) is 102 Å². The first-order valence-electron chi connectivity index (χ1n) is 9.60. The standard InChI is InChI=1S/C19H30O5/c1-6-9-17-11-18(8-3)19(24-16(5,22-17)23-18)13(7-2)10-14(20)21-15(19)12(17)4/h12-13,15H,6-11H2,1-5H3. The molecule has 4 fully saturated rings. The van der Waals surface area contributed by atoms with E-state index in [1.807, 2.05) is 6.92 Å². The van der Waals surface area contributed by atoms with Gasteiger partial charge in [0.05, 0.1) is 12.0 Å². The molecule has 1 aliphatic carbocycles. The highest BCUT2D eigenvalue weighted by Gasteiger charge is 2.82. The number of carbonyl (C=O) groups is 1. The van der Waals surface area contributed by atoms with Gasteiger partial charge in [-0.15, -0.1) is 0 Å². The van der Waals surface area contributed by atoms with Crippen LogP contribution in [0.2, 0.25) is 0 Å². The van der Waals surface area contributed by atoms with Gasteiger partial charge in [-0.25, -0.2) is 0 Å². The molecule has 4 aliphatic rings. The molecule has 7 unspecified atom stereocenters. The van der Waals surface area contributed by atoms with Gasteiger partial charge in [-0.05, 0) is 19.3 Å². The third-order valence-electron chi connectivity index (χ3n) is 7.14. The summed E-state index contributed by atoms with van der Waals surface area (Å²) in [5, 5.41) is 0. The zero-order valence-electron chi connectivity index (χ0n) is 15.5. The third-order valence-corrected chi connectivity index (χ3v) is 7.14. The summed E-state index contributed by atoms with van der Waals surface area (Å²) in [6, 6.07) is 0. The first-order chi connectivity index (χ1) is 11.3. The van der Waals surface area contributed by atoms with Gasteiger partial charge in [-0.1, -0.05) is 34.1 Å². The predicted octanol–water partition coefficient (Wildman–Crippen LogP) is 3.55. The number of hydrogen-bond acceptors (Lipinski definition) is 5. The van der Waals surface area contributed by atoms with E-state index in [1.54, 1.807) is 0 Å². The maximum Gasteiger partial charge on any atom is 0.306 e. The lowest BCUT2D eigenvalue weighted by atomic mass is 9.53. The second kappa shape index (κ2) is 4.95. The zero-order chi connectivity index (χ0) is 17.4. The van der Waals surface area contributed by atoms with Crippen LogP contribution < -0.4 is 0 Å². The Labute approximate surface area is 144 Å². The van der Waals surface area contributed by atoms with Crippen LogP contribution in [0.1, 0.15) is 73.1 Å².